The Balaban J connectivity index is 5.29. The van der Waals surface area contributed by atoms with Crippen LogP contribution in [0.1, 0.15) is 27.2 Å². The summed E-state index contributed by atoms with van der Waals surface area (Å²) in [5.41, 5.74) is 11.9. The maximum absolute atomic E-state index is 9.38. The van der Waals surface area contributed by atoms with Crippen LogP contribution in [0.25, 0.3) is 0 Å². The van der Waals surface area contributed by atoms with Crippen molar-refractivity contribution in [3.05, 3.63) is 36.1 Å². The highest BCUT2D eigenvalue weighted by atomic mass is 16.3. The van der Waals surface area contributed by atoms with Crippen molar-refractivity contribution in [2.45, 2.75) is 32.7 Å². The average molecular weight is 237 g/mol. The zero-order chi connectivity index (χ0) is 13.3. The minimum Gasteiger partial charge on any atom is -0.394 e. The van der Waals surface area contributed by atoms with Gasteiger partial charge in [0.2, 0.25) is 0 Å². The minimum atomic E-state index is -0.775. The molecule has 0 aliphatic heterocycles. The molecule has 1 unspecified atom stereocenters. The van der Waals surface area contributed by atoms with Gasteiger partial charge in [0.1, 0.15) is 5.84 Å². The van der Waals surface area contributed by atoms with Crippen molar-refractivity contribution in [2.24, 2.45) is 16.5 Å². The van der Waals surface area contributed by atoms with Crippen LogP contribution < -0.4 is 11.5 Å². The molecule has 0 fully saturated rings. The molecule has 0 aromatic carbocycles. The second kappa shape index (κ2) is 7.81. The summed E-state index contributed by atoms with van der Waals surface area (Å²) in [5, 5.41) is 9.38. The topological polar surface area (TPSA) is 84.6 Å². The van der Waals surface area contributed by atoms with Gasteiger partial charge in [-0.05, 0) is 31.9 Å². The summed E-state index contributed by atoms with van der Waals surface area (Å²) < 4.78 is 0. The van der Waals surface area contributed by atoms with E-state index in [9.17, 15) is 5.11 Å². The van der Waals surface area contributed by atoms with E-state index in [4.69, 9.17) is 11.5 Å². The van der Waals surface area contributed by atoms with Gasteiger partial charge in [0.15, 0.2) is 0 Å². The van der Waals surface area contributed by atoms with Crippen LogP contribution in [0, 0.1) is 0 Å². The molecule has 0 amide bonds. The lowest BCUT2D eigenvalue weighted by atomic mass is 9.88. The van der Waals surface area contributed by atoms with Crippen molar-refractivity contribution in [2.75, 3.05) is 6.61 Å². The van der Waals surface area contributed by atoms with Crippen LogP contribution in [0.4, 0.5) is 0 Å². The standard InChI is InChI=1S/C13H23N3O/c1-4-7-11(13(15,6-3)10-17)9-12(14)16-8-5-2/h4-5,7-9,17H,6,10,15H2,1-3H3,(H2,14,16)/b7-4-,8-5-,11-9+. The molecule has 17 heavy (non-hydrogen) atoms. The van der Waals surface area contributed by atoms with E-state index >= 15 is 0 Å². The lowest BCUT2D eigenvalue weighted by Crippen LogP contribution is -2.45. The Bertz CT molecular complexity index is 337. The second-order valence-electron chi connectivity index (χ2n) is 3.80. The third kappa shape index (κ3) is 4.97. The summed E-state index contributed by atoms with van der Waals surface area (Å²) in [5.74, 6) is 0.368. The maximum atomic E-state index is 9.38. The second-order valence-corrected chi connectivity index (χ2v) is 3.80. The minimum absolute atomic E-state index is 0.128. The van der Waals surface area contributed by atoms with E-state index in [1.807, 2.05) is 32.9 Å². The average Bonchev–Trinajstić information content (AvgIpc) is 2.34. The molecule has 4 nitrogen and oxygen atoms in total. The normalized spacial score (nSPS) is 17.9. The number of aliphatic imine (C=N–C) groups is 1. The van der Waals surface area contributed by atoms with E-state index in [2.05, 4.69) is 4.99 Å². The number of nitrogens with two attached hydrogens (primary N) is 2. The van der Waals surface area contributed by atoms with Gasteiger partial charge in [-0.1, -0.05) is 25.2 Å². The first-order valence-electron chi connectivity index (χ1n) is 5.73. The van der Waals surface area contributed by atoms with Crippen LogP contribution in [-0.2, 0) is 0 Å². The van der Waals surface area contributed by atoms with Gasteiger partial charge in [0, 0.05) is 6.20 Å². The highest BCUT2D eigenvalue weighted by molar-refractivity contribution is 5.93. The molecule has 1 atom stereocenters. The molecule has 96 valence electrons. The number of nitrogens with zero attached hydrogens (tertiary/aromatic N) is 1. The van der Waals surface area contributed by atoms with Crippen LogP contribution in [-0.4, -0.2) is 23.1 Å². The molecule has 0 aliphatic rings. The molecule has 4 heteroatoms. The van der Waals surface area contributed by atoms with Crippen LogP contribution in [0.5, 0.6) is 0 Å². The monoisotopic (exact) mass is 237 g/mol. The molecule has 0 radical (unpaired) electrons. The maximum Gasteiger partial charge on any atom is 0.123 e. The van der Waals surface area contributed by atoms with Crippen molar-refractivity contribution in [3.8, 4) is 0 Å². The number of rotatable bonds is 6. The van der Waals surface area contributed by atoms with Gasteiger partial charge >= 0.3 is 0 Å². The van der Waals surface area contributed by atoms with Crippen molar-refractivity contribution in [1.82, 2.24) is 0 Å². The molecular formula is C13H23N3O. The van der Waals surface area contributed by atoms with Crippen molar-refractivity contribution >= 4 is 5.84 Å². The zero-order valence-corrected chi connectivity index (χ0v) is 10.9. The predicted octanol–water partition coefficient (Wildman–Crippen LogP) is 1.48. The highest BCUT2D eigenvalue weighted by Gasteiger charge is 2.25. The third-order valence-corrected chi connectivity index (χ3v) is 2.51. The van der Waals surface area contributed by atoms with E-state index in [1.165, 1.54) is 0 Å². The Morgan fingerprint density at radius 3 is 2.41 bits per heavy atom. The van der Waals surface area contributed by atoms with E-state index in [0.717, 1.165) is 5.57 Å². The lowest BCUT2D eigenvalue weighted by molar-refractivity contribution is 0.218. The molecule has 0 bridgehead atoms. The van der Waals surface area contributed by atoms with Crippen molar-refractivity contribution in [3.63, 3.8) is 0 Å². The summed E-state index contributed by atoms with van der Waals surface area (Å²) in [6, 6.07) is 0. The Hall–Kier alpha value is -1.39. The van der Waals surface area contributed by atoms with Gasteiger partial charge in [-0.2, -0.15) is 0 Å². The summed E-state index contributed by atoms with van der Waals surface area (Å²) in [7, 11) is 0. The summed E-state index contributed by atoms with van der Waals surface area (Å²) in [6.45, 7) is 5.55. The van der Waals surface area contributed by atoms with Crippen molar-refractivity contribution in [1.29, 1.82) is 0 Å². The van der Waals surface area contributed by atoms with Gasteiger partial charge in [0.05, 0.1) is 12.1 Å². The fourth-order valence-electron chi connectivity index (χ4n) is 1.30. The number of aliphatic hydroxyl groups excluding tert-OH is 1. The number of hydrogen-bond acceptors (Lipinski definition) is 3. The van der Waals surface area contributed by atoms with Crippen LogP contribution in [0.2, 0.25) is 0 Å². The van der Waals surface area contributed by atoms with Crippen LogP contribution in [0.3, 0.4) is 0 Å². The molecule has 0 saturated heterocycles. The van der Waals surface area contributed by atoms with Crippen molar-refractivity contribution < 1.29 is 5.11 Å². The molecule has 0 aromatic heterocycles. The predicted molar refractivity (Wildman–Crippen MR) is 73.6 cm³/mol. The Labute approximate surface area is 103 Å². The summed E-state index contributed by atoms with van der Waals surface area (Å²) >= 11 is 0. The number of allylic oxidation sites excluding steroid dienone is 2. The smallest absolute Gasteiger partial charge is 0.123 e. The number of hydrogen-bond donors (Lipinski definition) is 3. The van der Waals surface area contributed by atoms with E-state index in [-0.39, 0.29) is 6.61 Å². The van der Waals surface area contributed by atoms with Crippen LogP contribution >= 0.6 is 0 Å². The van der Waals surface area contributed by atoms with E-state index in [0.29, 0.717) is 12.3 Å². The van der Waals surface area contributed by atoms with Gasteiger partial charge in [-0.3, -0.25) is 0 Å². The Morgan fingerprint density at radius 1 is 1.35 bits per heavy atom. The zero-order valence-electron chi connectivity index (χ0n) is 10.9. The van der Waals surface area contributed by atoms with E-state index < -0.39 is 5.54 Å². The molecular weight excluding hydrogens is 214 g/mol. The number of aliphatic hydroxyl groups is 1. The summed E-state index contributed by atoms with van der Waals surface area (Å²) in [6.07, 6.45) is 9.43. The van der Waals surface area contributed by atoms with E-state index in [1.54, 1.807) is 18.4 Å². The highest BCUT2D eigenvalue weighted by Crippen LogP contribution is 2.18. The first kappa shape index (κ1) is 15.6. The molecule has 5 N–H and O–H groups in total. The molecule has 0 spiro atoms. The summed E-state index contributed by atoms with van der Waals surface area (Å²) in [4.78, 5) is 4.01. The molecule has 0 saturated carbocycles. The Kier molecular flexibility index (Phi) is 7.18. The lowest BCUT2D eigenvalue weighted by Gasteiger charge is -2.27. The fraction of sp³-hybridized carbons (Fsp3) is 0.462. The van der Waals surface area contributed by atoms with Gasteiger partial charge in [0.25, 0.3) is 0 Å². The quantitative estimate of drug-likeness (QED) is 0.371. The van der Waals surface area contributed by atoms with Crippen LogP contribution in [0.15, 0.2) is 41.1 Å². The SMILES string of the molecule is C\C=C/N=C(N)/C=C(\C=C/C)C(N)(CC)CO. The fourth-order valence-corrected chi connectivity index (χ4v) is 1.30. The van der Waals surface area contributed by atoms with Gasteiger partial charge in [-0.25, -0.2) is 4.99 Å². The molecule has 0 heterocycles. The van der Waals surface area contributed by atoms with Gasteiger partial charge in [-0.15, -0.1) is 0 Å². The number of amidine groups is 1. The molecule has 0 aromatic rings. The largest absolute Gasteiger partial charge is 0.394 e. The first-order chi connectivity index (χ1) is 8.03. The third-order valence-electron chi connectivity index (χ3n) is 2.51. The Morgan fingerprint density at radius 2 is 2.00 bits per heavy atom. The first-order valence-corrected chi connectivity index (χ1v) is 5.73. The molecule has 0 aliphatic carbocycles. The molecule has 0 rings (SSSR count). The van der Waals surface area contributed by atoms with Gasteiger partial charge < -0.3 is 16.6 Å².